The number of ether oxygens (including phenoxy) is 3. The van der Waals surface area contributed by atoms with Gasteiger partial charge in [-0.25, -0.2) is 0 Å². The highest BCUT2D eigenvalue weighted by molar-refractivity contribution is 6.30. The van der Waals surface area contributed by atoms with E-state index in [-0.39, 0.29) is 5.91 Å². The summed E-state index contributed by atoms with van der Waals surface area (Å²) < 4.78 is 17.4. The smallest absolute Gasteiger partial charge is 0.253 e. The molecule has 0 aliphatic carbocycles. The van der Waals surface area contributed by atoms with Crippen molar-refractivity contribution < 1.29 is 19.0 Å². The predicted octanol–water partition coefficient (Wildman–Crippen LogP) is 5.66. The number of halogens is 1. The molecule has 200 valence electrons. The second-order valence-corrected chi connectivity index (χ2v) is 10.8. The standard InChI is InChI=1S/C31H35ClN2O4/c1-22(2)18-34(20-24-5-12-28-29(17-24)38-16-15-37-28)31(35)30-21-33(13-14-36-30)19-23-3-6-25(7-4-23)26-8-10-27(32)11-9-26/h3-12,17,22,30H,13-16,18-21H2,1-2H3. The summed E-state index contributed by atoms with van der Waals surface area (Å²) in [4.78, 5) is 17.9. The fourth-order valence-electron chi connectivity index (χ4n) is 4.98. The first-order valence-electron chi connectivity index (χ1n) is 13.3. The molecule has 2 heterocycles. The van der Waals surface area contributed by atoms with Crippen molar-refractivity contribution in [3.05, 3.63) is 82.9 Å². The number of fused-ring (bicyclic) bond motifs is 1. The van der Waals surface area contributed by atoms with Crippen molar-refractivity contribution in [3.8, 4) is 22.6 Å². The van der Waals surface area contributed by atoms with Crippen LogP contribution in [0.2, 0.25) is 5.02 Å². The molecule has 0 bridgehead atoms. The molecule has 2 aliphatic rings. The molecular weight excluding hydrogens is 500 g/mol. The number of amides is 1. The van der Waals surface area contributed by atoms with E-state index in [4.69, 9.17) is 25.8 Å². The van der Waals surface area contributed by atoms with Gasteiger partial charge in [-0.15, -0.1) is 0 Å². The van der Waals surface area contributed by atoms with Crippen molar-refractivity contribution in [3.63, 3.8) is 0 Å². The third-order valence-electron chi connectivity index (χ3n) is 6.84. The van der Waals surface area contributed by atoms with Crippen molar-refractivity contribution in [2.24, 2.45) is 5.92 Å². The first kappa shape index (κ1) is 26.5. The van der Waals surface area contributed by atoms with Crippen molar-refractivity contribution in [2.75, 3.05) is 39.5 Å². The van der Waals surface area contributed by atoms with Gasteiger partial charge in [-0.3, -0.25) is 9.69 Å². The van der Waals surface area contributed by atoms with Gasteiger partial charge in [0.25, 0.3) is 5.91 Å². The van der Waals surface area contributed by atoms with Crippen LogP contribution in [0.25, 0.3) is 11.1 Å². The molecule has 38 heavy (non-hydrogen) atoms. The zero-order valence-corrected chi connectivity index (χ0v) is 22.8. The Labute approximate surface area is 230 Å². The zero-order chi connectivity index (χ0) is 26.5. The lowest BCUT2D eigenvalue weighted by Crippen LogP contribution is -2.51. The molecule has 3 aromatic rings. The number of rotatable bonds is 8. The van der Waals surface area contributed by atoms with Gasteiger partial charge < -0.3 is 19.1 Å². The summed E-state index contributed by atoms with van der Waals surface area (Å²) in [6.07, 6.45) is -0.479. The van der Waals surface area contributed by atoms with Gasteiger partial charge in [-0.05, 0) is 52.4 Å². The van der Waals surface area contributed by atoms with Crippen molar-refractivity contribution in [1.29, 1.82) is 0 Å². The fraction of sp³-hybridized carbons (Fsp3) is 0.387. The Hall–Kier alpha value is -3.06. The minimum atomic E-state index is -0.479. The van der Waals surface area contributed by atoms with Crippen LogP contribution in [0.3, 0.4) is 0 Å². The Kier molecular flexibility index (Phi) is 8.52. The van der Waals surface area contributed by atoms with Gasteiger partial charge in [0.15, 0.2) is 11.5 Å². The van der Waals surface area contributed by atoms with E-state index in [0.717, 1.165) is 46.3 Å². The molecule has 0 saturated carbocycles. The highest BCUT2D eigenvalue weighted by Crippen LogP contribution is 2.31. The molecule has 1 amide bonds. The van der Waals surface area contributed by atoms with Gasteiger partial charge in [0, 0.05) is 37.7 Å². The van der Waals surface area contributed by atoms with E-state index < -0.39 is 6.10 Å². The normalized spacial score (nSPS) is 17.4. The lowest BCUT2D eigenvalue weighted by molar-refractivity contribution is -0.151. The quantitative estimate of drug-likeness (QED) is 0.373. The molecule has 0 spiro atoms. The van der Waals surface area contributed by atoms with Gasteiger partial charge in [-0.1, -0.05) is 67.9 Å². The molecular formula is C31H35ClN2O4. The summed E-state index contributed by atoms with van der Waals surface area (Å²) in [5, 5.41) is 0.736. The molecule has 7 heteroatoms. The number of hydrogen-bond donors (Lipinski definition) is 0. The molecule has 1 unspecified atom stereocenters. The van der Waals surface area contributed by atoms with Crippen LogP contribution < -0.4 is 9.47 Å². The maximum Gasteiger partial charge on any atom is 0.253 e. The highest BCUT2D eigenvalue weighted by atomic mass is 35.5. The second kappa shape index (κ2) is 12.2. The maximum atomic E-state index is 13.7. The van der Waals surface area contributed by atoms with Crippen LogP contribution >= 0.6 is 11.6 Å². The minimum Gasteiger partial charge on any atom is -0.486 e. The highest BCUT2D eigenvalue weighted by Gasteiger charge is 2.31. The molecule has 1 fully saturated rings. The molecule has 0 N–H and O–H groups in total. The summed E-state index contributed by atoms with van der Waals surface area (Å²) in [6, 6.07) is 22.4. The monoisotopic (exact) mass is 534 g/mol. The Morgan fingerprint density at radius 2 is 1.58 bits per heavy atom. The van der Waals surface area contributed by atoms with Gasteiger partial charge in [0.05, 0.1) is 6.61 Å². The summed E-state index contributed by atoms with van der Waals surface area (Å²) in [7, 11) is 0. The number of benzene rings is 3. The molecule has 6 nitrogen and oxygen atoms in total. The second-order valence-electron chi connectivity index (χ2n) is 10.4. The van der Waals surface area contributed by atoms with Crippen LogP contribution in [0.1, 0.15) is 25.0 Å². The number of nitrogens with zero attached hydrogens (tertiary/aromatic N) is 2. The van der Waals surface area contributed by atoms with Crippen LogP contribution in [0.4, 0.5) is 0 Å². The number of carbonyl (C=O) groups excluding carboxylic acids is 1. The number of morpholine rings is 1. The molecule has 1 saturated heterocycles. The Bertz CT molecular complexity index is 1230. The molecule has 0 radical (unpaired) electrons. The molecule has 0 aromatic heterocycles. The van der Waals surface area contributed by atoms with E-state index in [1.165, 1.54) is 5.56 Å². The minimum absolute atomic E-state index is 0.0383. The first-order valence-corrected chi connectivity index (χ1v) is 13.7. The van der Waals surface area contributed by atoms with Gasteiger partial charge >= 0.3 is 0 Å². The summed E-state index contributed by atoms with van der Waals surface area (Å²) in [5.41, 5.74) is 4.54. The average molecular weight is 535 g/mol. The number of carbonyl (C=O) groups is 1. The van der Waals surface area contributed by atoms with E-state index in [1.807, 2.05) is 47.4 Å². The average Bonchev–Trinajstić information content (AvgIpc) is 2.93. The van der Waals surface area contributed by atoms with E-state index in [1.54, 1.807) is 0 Å². The molecule has 5 rings (SSSR count). The lowest BCUT2D eigenvalue weighted by atomic mass is 10.0. The predicted molar refractivity (Wildman–Crippen MR) is 150 cm³/mol. The Morgan fingerprint density at radius 3 is 2.29 bits per heavy atom. The van der Waals surface area contributed by atoms with Crippen LogP contribution in [0.5, 0.6) is 11.5 Å². The summed E-state index contributed by atoms with van der Waals surface area (Å²) >= 11 is 6.02. The van der Waals surface area contributed by atoms with Crippen molar-refractivity contribution in [2.45, 2.75) is 33.0 Å². The van der Waals surface area contributed by atoms with Gasteiger partial charge in [0.1, 0.15) is 19.3 Å². The third-order valence-corrected chi connectivity index (χ3v) is 7.09. The van der Waals surface area contributed by atoms with Crippen molar-refractivity contribution in [1.82, 2.24) is 9.80 Å². The summed E-state index contributed by atoms with van der Waals surface area (Å²) in [6.45, 7) is 9.24. The van der Waals surface area contributed by atoms with Crippen LogP contribution in [-0.2, 0) is 22.6 Å². The van der Waals surface area contributed by atoms with Crippen molar-refractivity contribution >= 4 is 17.5 Å². The van der Waals surface area contributed by atoms with Crippen LogP contribution in [0.15, 0.2) is 66.7 Å². The van der Waals surface area contributed by atoms with E-state index in [2.05, 4.69) is 43.0 Å². The SMILES string of the molecule is CC(C)CN(Cc1ccc2c(c1)OCCO2)C(=O)C1CN(Cc2ccc(-c3ccc(Cl)cc3)cc2)CCO1. The zero-order valence-electron chi connectivity index (χ0n) is 22.1. The Balaban J connectivity index is 1.22. The van der Waals surface area contributed by atoms with Gasteiger partial charge in [-0.2, -0.15) is 0 Å². The number of hydrogen-bond acceptors (Lipinski definition) is 5. The maximum absolute atomic E-state index is 13.7. The Morgan fingerprint density at radius 1 is 0.921 bits per heavy atom. The first-order chi connectivity index (χ1) is 18.4. The van der Waals surface area contributed by atoms with E-state index >= 15 is 0 Å². The van der Waals surface area contributed by atoms with E-state index in [0.29, 0.717) is 45.4 Å². The van der Waals surface area contributed by atoms with Crippen LogP contribution in [0, 0.1) is 5.92 Å². The summed E-state index contributed by atoms with van der Waals surface area (Å²) in [5.74, 6) is 1.88. The molecule has 3 aromatic carbocycles. The van der Waals surface area contributed by atoms with E-state index in [9.17, 15) is 4.79 Å². The fourth-order valence-corrected chi connectivity index (χ4v) is 5.11. The van der Waals surface area contributed by atoms with Crippen LogP contribution in [-0.4, -0.2) is 61.3 Å². The largest absolute Gasteiger partial charge is 0.486 e. The lowest BCUT2D eigenvalue weighted by Gasteiger charge is -2.35. The molecule has 1 atom stereocenters. The molecule has 2 aliphatic heterocycles. The third kappa shape index (κ3) is 6.68. The van der Waals surface area contributed by atoms with Gasteiger partial charge in [0.2, 0.25) is 0 Å². The topological polar surface area (TPSA) is 51.2 Å².